The summed E-state index contributed by atoms with van der Waals surface area (Å²) in [6, 6.07) is 63.3. The summed E-state index contributed by atoms with van der Waals surface area (Å²) in [4.78, 5) is 3.99. The molecule has 0 aliphatic heterocycles. The lowest BCUT2D eigenvalue weighted by atomic mass is 9.55. The van der Waals surface area contributed by atoms with Gasteiger partial charge < -0.3 is 9.80 Å². The highest BCUT2D eigenvalue weighted by Gasteiger charge is 2.53. The van der Waals surface area contributed by atoms with Crippen LogP contribution in [-0.4, -0.2) is 0 Å². The lowest BCUT2D eigenvalue weighted by Gasteiger charge is -2.46. The van der Waals surface area contributed by atoms with Crippen LogP contribution in [0.3, 0.4) is 0 Å². The second-order valence-electron chi connectivity index (χ2n) is 24.2. The summed E-state index contributed by atoms with van der Waals surface area (Å²) in [6.07, 6.45) is 0. The molecule has 2 heterocycles. The molecule has 2 aliphatic carbocycles. The third-order valence-corrected chi connectivity index (χ3v) is 19.5. The van der Waals surface area contributed by atoms with E-state index in [2.05, 4.69) is 189 Å². The van der Waals surface area contributed by atoms with Crippen molar-refractivity contribution in [2.24, 2.45) is 0 Å². The smallest absolute Gasteiger partial charge is 0.128 e. The van der Waals surface area contributed by atoms with Crippen LogP contribution >= 0.6 is 22.7 Å². The van der Waals surface area contributed by atoms with Crippen LogP contribution in [0.2, 0.25) is 0 Å². The van der Waals surface area contributed by atoms with Gasteiger partial charge in [-0.3, -0.25) is 0 Å². The van der Waals surface area contributed by atoms with E-state index < -0.39 is 28.7 Å². The van der Waals surface area contributed by atoms with Crippen LogP contribution in [-0.2, 0) is 21.7 Å². The van der Waals surface area contributed by atoms with Gasteiger partial charge in [0.05, 0.1) is 37.6 Å². The Morgan fingerprint density at radius 1 is 0.338 bits per heavy atom. The Bertz CT molecular complexity index is 4240. The Labute approximate surface area is 471 Å². The average molecular weight is 1090 g/mol. The van der Waals surface area contributed by atoms with E-state index in [0.717, 1.165) is 87.8 Å². The quantitative estimate of drug-likeness (QED) is 0.153. The number of thiophene rings is 2. The van der Waals surface area contributed by atoms with Gasteiger partial charge in [-0.05, 0) is 127 Å². The third-order valence-electron chi connectivity index (χ3n) is 16.9. The first-order valence-corrected chi connectivity index (χ1v) is 28.9. The standard InChI is InChI=1S/C72H56F4N2S2/c1-69(2,3)61-25-13-17-49-51-19-15-27-63(67(51)79-65(49)61)77(47-35-41(73)33-42(74)36-47)45-29-31-55-53(39-45)54-40-46(30-32-56(54)72(55)59-23-11-9-21-57(59)71(7,8)58-22-10-12-24-60(58)72)78(48-37-43(75)34-44(76)38-48)64-28-16-20-52-50-18-14-26-62(70(4,5)6)66(50)80-68(52)64/h9-40H,1-8H3. The molecule has 14 rings (SSSR count). The van der Waals surface area contributed by atoms with Gasteiger partial charge in [0.15, 0.2) is 0 Å². The molecule has 2 nitrogen and oxygen atoms in total. The Morgan fingerprint density at radius 2 is 0.688 bits per heavy atom. The van der Waals surface area contributed by atoms with Crippen LogP contribution in [0.5, 0.6) is 0 Å². The van der Waals surface area contributed by atoms with Gasteiger partial charge in [-0.2, -0.15) is 0 Å². The second-order valence-corrected chi connectivity index (χ2v) is 26.3. The zero-order chi connectivity index (χ0) is 55.4. The highest BCUT2D eigenvalue weighted by molar-refractivity contribution is 7.27. The fourth-order valence-electron chi connectivity index (χ4n) is 13.5. The van der Waals surface area contributed by atoms with E-state index in [9.17, 15) is 0 Å². The van der Waals surface area contributed by atoms with E-state index in [4.69, 9.17) is 0 Å². The summed E-state index contributed by atoms with van der Waals surface area (Å²) < 4.78 is 67.7. The number of anilines is 6. The molecule has 0 saturated carbocycles. The monoisotopic (exact) mass is 1090 g/mol. The molecule has 0 radical (unpaired) electrons. The third kappa shape index (κ3) is 7.41. The van der Waals surface area contributed by atoms with Crippen LogP contribution in [0.15, 0.2) is 194 Å². The molecule has 0 amide bonds. The topological polar surface area (TPSA) is 6.48 Å². The normalized spacial score (nSPS) is 14.2. The molecule has 2 aliphatic rings. The maximum Gasteiger partial charge on any atom is 0.128 e. The molecule has 394 valence electrons. The average Bonchev–Trinajstić information content (AvgIpc) is 4.21. The van der Waals surface area contributed by atoms with Crippen LogP contribution in [0.4, 0.5) is 51.7 Å². The first-order chi connectivity index (χ1) is 38.3. The van der Waals surface area contributed by atoms with Crippen LogP contribution in [0, 0.1) is 23.3 Å². The maximum atomic E-state index is 15.8. The largest absolute Gasteiger partial charge is 0.309 e. The minimum absolute atomic E-state index is 0.141. The number of fused-ring (bicyclic) bond motifs is 15. The highest BCUT2D eigenvalue weighted by Crippen LogP contribution is 2.64. The van der Waals surface area contributed by atoms with Crippen LogP contribution in [0.25, 0.3) is 51.5 Å². The van der Waals surface area contributed by atoms with Gasteiger partial charge in [-0.15, -0.1) is 22.7 Å². The zero-order valence-electron chi connectivity index (χ0n) is 45.7. The van der Waals surface area contributed by atoms with Crippen LogP contribution < -0.4 is 9.80 Å². The van der Waals surface area contributed by atoms with Crippen molar-refractivity contribution >= 4 is 97.1 Å². The first kappa shape index (κ1) is 50.2. The Morgan fingerprint density at radius 3 is 1.06 bits per heavy atom. The fourth-order valence-corrected chi connectivity index (χ4v) is 16.6. The van der Waals surface area contributed by atoms with Crippen molar-refractivity contribution in [1.29, 1.82) is 0 Å². The summed E-state index contributed by atoms with van der Waals surface area (Å²) in [5.41, 5.74) is 13.3. The molecule has 2 aromatic heterocycles. The van der Waals surface area contributed by atoms with Crippen molar-refractivity contribution in [3.05, 3.63) is 262 Å². The molecule has 10 aromatic carbocycles. The van der Waals surface area contributed by atoms with Gasteiger partial charge in [0, 0.05) is 59.9 Å². The summed E-state index contributed by atoms with van der Waals surface area (Å²) in [5, 5.41) is 4.37. The number of rotatable bonds is 6. The fraction of sp³-hybridized carbons (Fsp3) is 0.167. The number of halogens is 4. The zero-order valence-corrected chi connectivity index (χ0v) is 47.3. The summed E-state index contributed by atoms with van der Waals surface area (Å²) >= 11 is 3.41. The van der Waals surface area contributed by atoms with E-state index in [0.29, 0.717) is 22.7 Å². The molecule has 8 heteroatoms. The molecule has 1 spiro atoms. The SMILES string of the molecule is CC(C)(C)c1cccc2c1sc1c(N(c3cc(F)cc(F)c3)c3ccc4c(c3)-c3cc(N(c5cc(F)cc(F)c5)c5cccc6c5sc5c(C(C)(C)C)cccc56)ccc3C43c4ccccc4C(C)(C)c4ccccc43)cccc12. The molecule has 80 heavy (non-hydrogen) atoms. The number of nitrogens with zero attached hydrogens (tertiary/aromatic N) is 2. The maximum absolute atomic E-state index is 15.8. The van der Waals surface area contributed by atoms with E-state index in [1.54, 1.807) is 22.7 Å². The predicted molar refractivity (Wildman–Crippen MR) is 328 cm³/mol. The van der Waals surface area contributed by atoms with E-state index in [-0.39, 0.29) is 16.2 Å². The van der Waals surface area contributed by atoms with E-state index >= 15 is 17.6 Å². The molecule has 12 aromatic rings. The van der Waals surface area contributed by atoms with E-state index in [1.807, 2.05) is 34.1 Å². The lowest BCUT2D eigenvalue weighted by Crippen LogP contribution is -2.40. The van der Waals surface area contributed by atoms with Crippen molar-refractivity contribution in [3.63, 3.8) is 0 Å². The Balaban J connectivity index is 1.07. The number of hydrogen-bond donors (Lipinski definition) is 0. The van der Waals surface area contributed by atoms with Crippen LogP contribution in [0.1, 0.15) is 99.9 Å². The summed E-state index contributed by atoms with van der Waals surface area (Å²) in [7, 11) is 0. The molecule has 0 bridgehead atoms. The summed E-state index contributed by atoms with van der Waals surface area (Å²) in [6.45, 7) is 17.9. The highest BCUT2D eigenvalue weighted by atomic mass is 32.1. The van der Waals surface area contributed by atoms with Gasteiger partial charge >= 0.3 is 0 Å². The van der Waals surface area contributed by atoms with Crippen molar-refractivity contribution in [3.8, 4) is 11.1 Å². The predicted octanol–water partition coefficient (Wildman–Crippen LogP) is 21.5. The molecule has 0 fully saturated rings. The van der Waals surface area contributed by atoms with Gasteiger partial charge in [0.1, 0.15) is 23.3 Å². The molecule has 0 saturated heterocycles. The van der Waals surface area contributed by atoms with Gasteiger partial charge in [0.2, 0.25) is 0 Å². The lowest BCUT2D eigenvalue weighted by molar-refractivity contribution is 0.563. The van der Waals surface area contributed by atoms with Gasteiger partial charge in [-0.25, -0.2) is 17.6 Å². The Kier molecular flexibility index (Phi) is 11.1. The molecule has 0 atom stereocenters. The molecular weight excluding hydrogens is 1030 g/mol. The van der Waals surface area contributed by atoms with Gasteiger partial charge in [0.25, 0.3) is 0 Å². The first-order valence-electron chi connectivity index (χ1n) is 27.2. The number of hydrogen-bond acceptors (Lipinski definition) is 4. The van der Waals surface area contributed by atoms with Gasteiger partial charge in [-0.1, -0.05) is 177 Å². The Hall–Kier alpha value is -8.04. The molecule has 0 N–H and O–H groups in total. The van der Waals surface area contributed by atoms with Crippen molar-refractivity contribution < 1.29 is 17.6 Å². The molecule has 0 unspecified atom stereocenters. The van der Waals surface area contributed by atoms with Crippen molar-refractivity contribution in [2.75, 3.05) is 9.80 Å². The minimum atomic E-state index is -0.820. The van der Waals surface area contributed by atoms with Crippen molar-refractivity contribution in [2.45, 2.75) is 77.0 Å². The van der Waals surface area contributed by atoms with E-state index in [1.165, 1.54) is 55.9 Å². The minimum Gasteiger partial charge on any atom is -0.309 e. The number of benzene rings is 10. The second kappa shape index (κ2) is 17.7. The summed E-state index contributed by atoms with van der Waals surface area (Å²) in [5.74, 6) is -2.75. The molecular formula is C72H56F4N2S2. The van der Waals surface area contributed by atoms with Crippen molar-refractivity contribution in [1.82, 2.24) is 0 Å².